The molecule has 2 heterocycles. The highest BCUT2D eigenvalue weighted by molar-refractivity contribution is 5.99. The van der Waals surface area contributed by atoms with Crippen molar-refractivity contribution in [1.82, 2.24) is 0 Å². The number of benzene rings is 1. The fourth-order valence-corrected chi connectivity index (χ4v) is 3.68. The zero-order valence-corrected chi connectivity index (χ0v) is 11.3. The molecule has 0 radical (unpaired) electrons. The number of nitrogens with two attached hydrogens (primary N) is 2. The van der Waals surface area contributed by atoms with Crippen LogP contribution in [0, 0.1) is 6.92 Å². The Hall–Kier alpha value is -1.55. The van der Waals surface area contributed by atoms with E-state index in [2.05, 4.69) is 11.0 Å². The molecule has 3 rings (SSSR count). The number of anilines is 1. The van der Waals surface area contributed by atoms with Gasteiger partial charge >= 0.3 is 0 Å². The molecule has 2 unspecified atom stereocenters. The second kappa shape index (κ2) is 4.53. The Kier molecular flexibility index (Phi) is 2.97. The molecular formula is C15H21N3O. The van der Waals surface area contributed by atoms with E-state index < -0.39 is 0 Å². The fraction of sp³-hybridized carbons (Fsp3) is 0.533. The van der Waals surface area contributed by atoms with Crippen molar-refractivity contribution < 1.29 is 4.79 Å². The lowest BCUT2D eigenvalue weighted by molar-refractivity contribution is 0.100. The second-order valence-corrected chi connectivity index (χ2v) is 5.91. The second-order valence-electron chi connectivity index (χ2n) is 5.91. The van der Waals surface area contributed by atoms with E-state index >= 15 is 0 Å². The van der Waals surface area contributed by atoms with E-state index in [-0.39, 0.29) is 5.91 Å². The summed E-state index contributed by atoms with van der Waals surface area (Å²) in [7, 11) is 0. The molecule has 2 bridgehead atoms. The highest BCUT2D eigenvalue weighted by Gasteiger charge is 2.40. The summed E-state index contributed by atoms with van der Waals surface area (Å²) in [5.41, 5.74) is 14.4. The standard InChI is InChI=1S/C15H21N3O/c1-9-2-5-13(15(17)19)14(6-9)18-11-3-4-12(18)8-10(16)7-11/h2,5-6,10-12H,3-4,7-8,16H2,1H3,(H2,17,19). The van der Waals surface area contributed by atoms with Crippen LogP contribution in [-0.2, 0) is 0 Å². The third-order valence-corrected chi connectivity index (χ3v) is 4.47. The Bertz CT molecular complexity index is 500. The van der Waals surface area contributed by atoms with Crippen LogP contribution in [-0.4, -0.2) is 24.0 Å². The average molecular weight is 259 g/mol. The molecule has 2 aliphatic heterocycles. The largest absolute Gasteiger partial charge is 0.366 e. The van der Waals surface area contributed by atoms with Crippen molar-refractivity contribution in [3.8, 4) is 0 Å². The lowest BCUT2D eigenvalue weighted by atomic mass is 9.95. The number of nitrogens with zero attached hydrogens (tertiary/aromatic N) is 1. The number of hydrogen-bond acceptors (Lipinski definition) is 3. The van der Waals surface area contributed by atoms with Crippen molar-refractivity contribution in [2.75, 3.05) is 4.90 Å². The zero-order valence-electron chi connectivity index (χ0n) is 11.3. The molecule has 1 aromatic rings. The van der Waals surface area contributed by atoms with Crippen molar-refractivity contribution in [3.63, 3.8) is 0 Å². The van der Waals surface area contributed by atoms with Crippen LogP contribution >= 0.6 is 0 Å². The van der Waals surface area contributed by atoms with Gasteiger partial charge in [-0.25, -0.2) is 0 Å². The van der Waals surface area contributed by atoms with Crippen LogP contribution in [0.3, 0.4) is 0 Å². The first-order valence-electron chi connectivity index (χ1n) is 7.00. The number of fused-ring (bicyclic) bond motifs is 2. The van der Waals surface area contributed by atoms with Crippen LogP contribution in [0.15, 0.2) is 18.2 Å². The molecule has 0 aliphatic carbocycles. The van der Waals surface area contributed by atoms with E-state index in [0.29, 0.717) is 23.7 Å². The van der Waals surface area contributed by atoms with E-state index in [4.69, 9.17) is 11.5 Å². The highest BCUT2D eigenvalue weighted by Crippen LogP contribution is 2.40. The van der Waals surface area contributed by atoms with Crippen LogP contribution in [0.4, 0.5) is 5.69 Å². The molecule has 1 aromatic carbocycles. The fourth-order valence-electron chi connectivity index (χ4n) is 3.68. The molecule has 2 saturated heterocycles. The monoisotopic (exact) mass is 259 g/mol. The van der Waals surface area contributed by atoms with Crippen LogP contribution in [0.25, 0.3) is 0 Å². The van der Waals surface area contributed by atoms with Crippen LogP contribution < -0.4 is 16.4 Å². The molecule has 0 spiro atoms. The van der Waals surface area contributed by atoms with Gasteiger partial charge in [0.2, 0.25) is 0 Å². The Morgan fingerprint density at radius 3 is 2.47 bits per heavy atom. The van der Waals surface area contributed by atoms with Crippen molar-refractivity contribution in [3.05, 3.63) is 29.3 Å². The Morgan fingerprint density at radius 2 is 1.89 bits per heavy atom. The molecule has 102 valence electrons. The van der Waals surface area contributed by atoms with Gasteiger partial charge in [0.15, 0.2) is 0 Å². The van der Waals surface area contributed by atoms with Gasteiger partial charge in [0.1, 0.15) is 0 Å². The Morgan fingerprint density at radius 1 is 1.26 bits per heavy atom. The number of carbonyl (C=O) groups is 1. The summed E-state index contributed by atoms with van der Waals surface area (Å²) >= 11 is 0. The number of primary amides is 1. The van der Waals surface area contributed by atoms with Gasteiger partial charge in [0.25, 0.3) is 5.91 Å². The molecule has 4 nitrogen and oxygen atoms in total. The Labute approximate surface area is 113 Å². The highest BCUT2D eigenvalue weighted by atomic mass is 16.1. The van der Waals surface area contributed by atoms with Crippen molar-refractivity contribution >= 4 is 11.6 Å². The summed E-state index contributed by atoms with van der Waals surface area (Å²) in [6.07, 6.45) is 4.38. The summed E-state index contributed by atoms with van der Waals surface area (Å²) in [6, 6.07) is 7.11. The number of hydrogen-bond donors (Lipinski definition) is 2. The van der Waals surface area contributed by atoms with Gasteiger partial charge in [-0.2, -0.15) is 0 Å². The van der Waals surface area contributed by atoms with E-state index in [1.165, 1.54) is 12.8 Å². The molecule has 0 aromatic heterocycles. The van der Waals surface area contributed by atoms with Gasteiger partial charge in [0.05, 0.1) is 11.3 Å². The topological polar surface area (TPSA) is 72.4 Å². The minimum atomic E-state index is -0.343. The summed E-state index contributed by atoms with van der Waals surface area (Å²) in [4.78, 5) is 14.0. The van der Waals surface area contributed by atoms with Gasteiger partial charge in [-0.15, -0.1) is 0 Å². The maximum absolute atomic E-state index is 11.6. The SMILES string of the molecule is Cc1ccc(C(N)=O)c(N2C3CCC2CC(N)C3)c1. The maximum Gasteiger partial charge on any atom is 0.250 e. The van der Waals surface area contributed by atoms with E-state index in [0.717, 1.165) is 24.1 Å². The van der Waals surface area contributed by atoms with Crippen molar-refractivity contribution in [1.29, 1.82) is 0 Å². The average Bonchev–Trinajstić information content (AvgIpc) is 2.61. The van der Waals surface area contributed by atoms with E-state index in [1.807, 2.05) is 19.1 Å². The molecule has 2 aliphatic rings. The van der Waals surface area contributed by atoms with Gasteiger partial charge in [-0.3, -0.25) is 4.79 Å². The minimum Gasteiger partial charge on any atom is -0.366 e. The first kappa shape index (κ1) is 12.5. The summed E-state index contributed by atoms with van der Waals surface area (Å²) in [6.45, 7) is 2.05. The third-order valence-electron chi connectivity index (χ3n) is 4.47. The van der Waals surface area contributed by atoms with Gasteiger partial charge < -0.3 is 16.4 Å². The zero-order chi connectivity index (χ0) is 13.6. The minimum absolute atomic E-state index is 0.301. The molecule has 0 saturated carbocycles. The van der Waals surface area contributed by atoms with Gasteiger partial charge in [-0.05, 0) is 50.3 Å². The molecule has 1 amide bonds. The lowest BCUT2D eigenvalue weighted by Crippen LogP contribution is -2.48. The number of piperidine rings is 1. The predicted octanol–water partition coefficient (Wildman–Crippen LogP) is 1.55. The molecule has 4 heteroatoms. The third kappa shape index (κ3) is 2.10. The van der Waals surface area contributed by atoms with Crippen LogP contribution in [0.2, 0.25) is 0 Å². The van der Waals surface area contributed by atoms with Gasteiger partial charge in [-0.1, -0.05) is 6.07 Å². The smallest absolute Gasteiger partial charge is 0.250 e. The summed E-state index contributed by atoms with van der Waals surface area (Å²) < 4.78 is 0. The van der Waals surface area contributed by atoms with Crippen LogP contribution in [0.1, 0.15) is 41.6 Å². The number of rotatable bonds is 2. The van der Waals surface area contributed by atoms with Crippen molar-refractivity contribution in [2.45, 2.75) is 50.7 Å². The van der Waals surface area contributed by atoms with Gasteiger partial charge in [0, 0.05) is 18.1 Å². The molecule has 2 fully saturated rings. The molecule has 4 N–H and O–H groups in total. The Balaban J connectivity index is 2.03. The van der Waals surface area contributed by atoms with Crippen molar-refractivity contribution in [2.24, 2.45) is 11.5 Å². The maximum atomic E-state index is 11.6. The predicted molar refractivity (Wildman–Crippen MR) is 76.2 cm³/mol. The number of amides is 1. The number of aryl methyl sites for hydroxylation is 1. The quantitative estimate of drug-likeness (QED) is 0.846. The first-order valence-corrected chi connectivity index (χ1v) is 7.00. The summed E-state index contributed by atoms with van der Waals surface area (Å²) in [5, 5.41) is 0. The lowest BCUT2D eigenvalue weighted by Gasteiger charge is -2.40. The number of carbonyl (C=O) groups excluding carboxylic acids is 1. The van der Waals surface area contributed by atoms with E-state index in [1.54, 1.807) is 0 Å². The molecule has 19 heavy (non-hydrogen) atoms. The van der Waals surface area contributed by atoms with E-state index in [9.17, 15) is 4.79 Å². The molecular weight excluding hydrogens is 238 g/mol. The first-order chi connectivity index (χ1) is 9.06. The van der Waals surface area contributed by atoms with Crippen LogP contribution in [0.5, 0.6) is 0 Å². The molecule has 2 atom stereocenters. The summed E-state index contributed by atoms with van der Waals surface area (Å²) in [5.74, 6) is -0.343. The normalized spacial score (nSPS) is 29.6.